The first-order valence-electron chi connectivity index (χ1n) is 6.88. The van der Waals surface area contributed by atoms with Crippen molar-refractivity contribution in [2.45, 2.75) is 12.8 Å². The van der Waals surface area contributed by atoms with Gasteiger partial charge in [-0.3, -0.25) is 4.79 Å². The molecule has 1 atom stereocenters. The van der Waals surface area contributed by atoms with Crippen LogP contribution >= 0.6 is 12.2 Å². The van der Waals surface area contributed by atoms with Gasteiger partial charge in [-0.2, -0.15) is 0 Å². The van der Waals surface area contributed by atoms with Crippen molar-refractivity contribution in [1.29, 1.82) is 0 Å². The predicted octanol–water partition coefficient (Wildman–Crippen LogP) is 0.931. The van der Waals surface area contributed by atoms with Gasteiger partial charge in [-0.15, -0.1) is 0 Å². The summed E-state index contributed by atoms with van der Waals surface area (Å²) in [6.45, 7) is 2.97. The Labute approximate surface area is 125 Å². The van der Waals surface area contributed by atoms with Gasteiger partial charge in [0, 0.05) is 18.7 Å². The summed E-state index contributed by atoms with van der Waals surface area (Å²) in [5.74, 6) is 0.656. The summed E-state index contributed by atoms with van der Waals surface area (Å²) in [5, 5.41) is 3.01. The Bertz CT molecular complexity index is 486. The van der Waals surface area contributed by atoms with Crippen LogP contribution in [0.4, 0.5) is 0 Å². The van der Waals surface area contributed by atoms with E-state index < -0.39 is 0 Å². The summed E-state index contributed by atoms with van der Waals surface area (Å²) >= 11 is 4.90. The number of hydrogen-bond acceptors (Lipinski definition) is 3. The smallest absolute Gasteiger partial charge is 0.224 e. The van der Waals surface area contributed by atoms with Crippen LogP contribution in [-0.4, -0.2) is 42.5 Å². The van der Waals surface area contributed by atoms with E-state index in [0.29, 0.717) is 17.3 Å². The normalized spacial score (nSPS) is 18.9. The van der Waals surface area contributed by atoms with Gasteiger partial charge in [0.2, 0.25) is 5.91 Å². The van der Waals surface area contributed by atoms with E-state index in [9.17, 15) is 4.79 Å². The number of carbonyl (C=O) groups excluding carboxylic acids is 1. The van der Waals surface area contributed by atoms with Crippen LogP contribution in [0.5, 0.6) is 0 Å². The molecule has 1 aliphatic rings. The topological polar surface area (TPSA) is 58.4 Å². The first-order valence-corrected chi connectivity index (χ1v) is 7.29. The average molecular weight is 291 g/mol. The number of nitrogens with two attached hydrogens (primary N) is 1. The summed E-state index contributed by atoms with van der Waals surface area (Å²) in [4.78, 5) is 14.6. The number of nitrogens with zero attached hydrogens (tertiary/aromatic N) is 1. The lowest BCUT2D eigenvalue weighted by Gasteiger charge is -2.11. The number of likely N-dealkylation sites (tertiary alicyclic amines) is 1. The van der Waals surface area contributed by atoms with Crippen LogP contribution < -0.4 is 11.1 Å². The highest BCUT2D eigenvalue weighted by Gasteiger charge is 2.19. The molecule has 0 bridgehead atoms. The van der Waals surface area contributed by atoms with Gasteiger partial charge in [0.25, 0.3) is 0 Å². The van der Waals surface area contributed by atoms with Crippen LogP contribution in [0.25, 0.3) is 0 Å². The molecule has 5 heteroatoms. The highest BCUT2D eigenvalue weighted by atomic mass is 32.1. The first kappa shape index (κ1) is 14.9. The minimum atomic E-state index is 0.0719. The van der Waals surface area contributed by atoms with Gasteiger partial charge in [-0.25, -0.2) is 0 Å². The van der Waals surface area contributed by atoms with Gasteiger partial charge in [0.15, 0.2) is 0 Å². The lowest BCUT2D eigenvalue weighted by atomic mass is 10.1. The second-order valence-corrected chi connectivity index (χ2v) is 5.90. The maximum Gasteiger partial charge on any atom is 0.224 e. The molecule has 1 unspecified atom stereocenters. The van der Waals surface area contributed by atoms with Crippen LogP contribution in [0.1, 0.15) is 17.5 Å². The summed E-state index contributed by atoms with van der Waals surface area (Å²) in [6, 6.07) is 7.52. The van der Waals surface area contributed by atoms with Crippen molar-refractivity contribution in [2.75, 3.05) is 26.7 Å². The van der Waals surface area contributed by atoms with Crippen molar-refractivity contribution in [1.82, 2.24) is 10.2 Å². The van der Waals surface area contributed by atoms with Gasteiger partial charge in [0.05, 0.1) is 6.42 Å². The molecule has 0 aromatic heterocycles. The van der Waals surface area contributed by atoms with Crippen LogP contribution in [-0.2, 0) is 11.2 Å². The fraction of sp³-hybridized carbons (Fsp3) is 0.467. The third-order valence-corrected chi connectivity index (χ3v) is 3.92. The van der Waals surface area contributed by atoms with Crippen LogP contribution in [0.2, 0.25) is 0 Å². The second kappa shape index (κ2) is 6.81. The molecule has 4 nitrogen and oxygen atoms in total. The van der Waals surface area contributed by atoms with Gasteiger partial charge in [-0.05, 0) is 31.5 Å². The molecular weight excluding hydrogens is 270 g/mol. The van der Waals surface area contributed by atoms with Crippen molar-refractivity contribution in [2.24, 2.45) is 11.7 Å². The number of carbonyl (C=O) groups is 1. The van der Waals surface area contributed by atoms with Crippen LogP contribution in [0.15, 0.2) is 24.3 Å². The molecule has 0 radical (unpaired) electrons. The van der Waals surface area contributed by atoms with Crippen molar-refractivity contribution in [3.63, 3.8) is 0 Å². The average Bonchev–Trinajstić information content (AvgIpc) is 2.83. The number of thiocarbonyl (C=S) groups is 1. The van der Waals surface area contributed by atoms with Crippen molar-refractivity contribution in [3.8, 4) is 0 Å². The number of hydrogen-bond donors (Lipinski definition) is 2. The molecule has 3 N–H and O–H groups in total. The van der Waals surface area contributed by atoms with E-state index in [0.717, 1.165) is 30.8 Å². The van der Waals surface area contributed by atoms with E-state index in [1.165, 1.54) is 6.42 Å². The molecule has 2 rings (SSSR count). The maximum atomic E-state index is 11.9. The highest BCUT2D eigenvalue weighted by Crippen LogP contribution is 2.13. The number of nitrogens with one attached hydrogen (secondary N) is 1. The minimum Gasteiger partial charge on any atom is -0.389 e. The third-order valence-electron chi connectivity index (χ3n) is 3.68. The Morgan fingerprint density at radius 2 is 2.15 bits per heavy atom. The van der Waals surface area contributed by atoms with Crippen molar-refractivity contribution in [3.05, 3.63) is 35.4 Å². The maximum absolute atomic E-state index is 11.9. The predicted molar refractivity (Wildman–Crippen MR) is 84.6 cm³/mol. The molecule has 1 saturated heterocycles. The zero-order valence-electron chi connectivity index (χ0n) is 11.8. The van der Waals surface area contributed by atoms with Gasteiger partial charge in [0.1, 0.15) is 4.99 Å². The molecule has 1 aromatic rings. The first-order chi connectivity index (χ1) is 9.54. The molecule has 1 aliphatic heterocycles. The Morgan fingerprint density at radius 1 is 1.45 bits per heavy atom. The number of rotatable bonds is 5. The van der Waals surface area contributed by atoms with Crippen molar-refractivity contribution < 1.29 is 4.79 Å². The molecule has 0 spiro atoms. The van der Waals surface area contributed by atoms with Crippen molar-refractivity contribution >= 4 is 23.1 Å². The van der Waals surface area contributed by atoms with E-state index >= 15 is 0 Å². The standard InChI is InChI=1S/C15H21N3OS/c1-18-7-6-12(10-18)9-17-14(19)8-11-2-4-13(5-3-11)15(16)20/h2-5,12H,6-10H2,1H3,(H2,16,20)(H,17,19). The van der Waals surface area contributed by atoms with E-state index in [4.69, 9.17) is 18.0 Å². The lowest BCUT2D eigenvalue weighted by Crippen LogP contribution is -2.31. The molecule has 20 heavy (non-hydrogen) atoms. The third kappa shape index (κ3) is 4.28. The monoisotopic (exact) mass is 291 g/mol. The Hall–Kier alpha value is -1.46. The molecule has 1 aromatic carbocycles. The van der Waals surface area contributed by atoms with Gasteiger partial charge >= 0.3 is 0 Å². The van der Waals surface area contributed by atoms with E-state index in [2.05, 4.69) is 17.3 Å². The van der Waals surface area contributed by atoms with Crippen LogP contribution in [0, 0.1) is 5.92 Å². The van der Waals surface area contributed by atoms with Crippen LogP contribution in [0.3, 0.4) is 0 Å². The summed E-state index contributed by atoms with van der Waals surface area (Å²) in [5.41, 5.74) is 7.35. The zero-order chi connectivity index (χ0) is 14.5. The van der Waals surface area contributed by atoms with Gasteiger partial charge in [-0.1, -0.05) is 36.5 Å². The molecular formula is C15H21N3OS. The zero-order valence-corrected chi connectivity index (χ0v) is 12.6. The quantitative estimate of drug-likeness (QED) is 0.793. The minimum absolute atomic E-state index is 0.0719. The Balaban J connectivity index is 1.77. The summed E-state index contributed by atoms with van der Waals surface area (Å²) < 4.78 is 0. The summed E-state index contributed by atoms with van der Waals surface area (Å²) in [6.07, 6.45) is 1.57. The summed E-state index contributed by atoms with van der Waals surface area (Å²) in [7, 11) is 2.12. The fourth-order valence-corrected chi connectivity index (χ4v) is 2.62. The van der Waals surface area contributed by atoms with E-state index in [1.54, 1.807) is 0 Å². The number of amides is 1. The Kier molecular flexibility index (Phi) is 5.09. The van der Waals surface area contributed by atoms with E-state index in [-0.39, 0.29) is 5.91 Å². The fourth-order valence-electron chi connectivity index (χ4n) is 2.49. The number of benzene rings is 1. The highest BCUT2D eigenvalue weighted by molar-refractivity contribution is 7.80. The SMILES string of the molecule is CN1CCC(CNC(=O)Cc2ccc(C(N)=S)cc2)C1. The molecule has 1 amide bonds. The largest absolute Gasteiger partial charge is 0.389 e. The molecule has 108 valence electrons. The lowest BCUT2D eigenvalue weighted by molar-refractivity contribution is -0.120. The molecule has 1 fully saturated rings. The molecule has 0 saturated carbocycles. The van der Waals surface area contributed by atoms with E-state index in [1.807, 2.05) is 24.3 Å². The molecule has 0 aliphatic carbocycles. The Morgan fingerprint density at radius 3 is 2.70 bits per heavy atom. The second-order valence-electron chi connectivity index (χ2n) is 5.46. The molecule has 1 heterocycles. The van der Waals surface area contributed by atoms with Gasteiger partial charge < -0.3 is 16.0 Å².